The predicted molar refractivity (Wildman–Crippen MR) is 131 cm³/mol. The maximum Gasteiger partial charge on any atom is 0.213 e. The fraction of sp³-hybridized carbons (Fsp3) is 0.308. The molecular formula is C26H32N4O3. The summed E-state index contributed by atoms with van der Waals surface area (Å²) in [6, 6.07) is 23.4. The van der Waals surface area contributed by atoms with E-state index < -0.39 is 0 Å². The maximum atomic E-state index is 9.76. The fourth-order valence-electron chi connectivity index (χ4n) is 3.16. The number of hydrogen-bond donors (Lipinski definition) is 3. The molecule has 0 saturated heterocycles. The van der Waals surface area contributed by atoms with Crippen LogP contribution in [0.25, 0.3) is 0 Å². The first-order valence-corrected chi connectivity index (χ1v) is 11.2. The standard InChI is InChI=1S/C26H32N4O3/c1-2-27-26(30-19-23(20-31)22-9-5-3-6-10-22)29-18-21-13-14-25(28-17-21)33-16-15-32-24-11-7-4-8-12-24/h3-14,17,23,31H,2,15-16,18-20H2,1H3,(H2,27,29,30). The number of rotatable bonds is 12. The summed E-state index contributed by atoms with van der Waals surface area (Å²) in [5.74, 6) is 2.07. The summed E-state index contributed by atoms with van der Waals surface area (Å²) in [5, 5.41) is 16.3. The van der Waals surface area contributed by atoms with Gasteiger partial charge in [-0.15, -0.1) is 0 Å². The third-order valence-corrected chi connectivity index (χ3v) is 4.91. The van der Waals surface area contributed by atoms with Crippen LogP contribution in [0.1, 0.15) is 24.0 Å². The number of guanidine groups is 1. The maximum absolute atomic E-state index is 9.76. The molecule has 0 aliphatic rings. The highest BCUT2D eigenvalue weighted by atomic mass is 16.5. The Labute approximate surface area is 195 Å². The summed E-state index contributed by atoms with van der Waals surface area (Å²) in [7, 11) is 0. The van der Waals surface area contributed by atoms with Gasteiger partial charge in [-0.1, -0.05) is 54.6 Å². The number of benzene rings is 2. The number of aromatic nitrogens is 1. The number of aliphatic hydroxyl groups is 1. The van der Waals surface area contributed by atoms with Crippen LogP contribution in [-0.4, -0.2) is 49.0 Å². The van der Waals surface area contributed by atoms with Gasteiger partial charge in [0.05, 0.1) is 13.2 Å². The van der Waals surface area contributed by atoms with Crippen LogP contribution in [-0.2, 0) is 6.54 Å². The van der Waals surface area contributed by atoms with Crippen molar-refractivity contribution in [1.29, 1.82) is 0 Å². The molecule has 3 N–H and O–H groups in total. The molecule has 1 unspecified atom stereocenters. The van der Waals surface area contributed by atoms with Gasteiger partial charge in [-0.05, 0) is 30.2 Å². The Morgan fingerprint density at radius 1 is 0.939 bits per heavy atom. The molecule has 0 saturated carbocycles. The summed E-state index contributed by atoms with van der Waals surface area (Å²) in [5.41, 5.74) is 2.07. The largest absolute Gasteiger partial charge is 0.490 e. The first-order chi connectivity index (χ1) is 16.3. The van der Waals surface area contributed by atoms with Gasteiger partial charge in [0.2, 0.25) is 5.88 Å². The number of aliphatic imine (C=N–C) groups is 1. The van der Waals surface area contributed by atoms with Gasteiger partial charge in [-0.3, -0.25) is 0 Å². The van der Waals surface area contributed by atoms with Crippen molar-refractivity contribution in [2.24, 2.45) is 4.99 Å². The summed E-state index contributed by atoms with van der Waals surface area (Å²) >= 11 is 0. The zero-order valence-electron chi connectivity index (χ0n) is 19.0. The van der Waals surface area contributed by atoms with Crippen LogP contribution in [0, 0.1) is 0 Å². The van der Waals surface area contributed by atoms with Crippen LogP contribution in [0.3, 0.4) is 0 Å². The van der Waals surface area contributed by atoms with Crippen LogP contribution in [0.5, 0.6) is 11.6 Å². The predicted octanol–water partition coefficient (Wildman–Crippen LogP) is 3.37. The molecule has 7 nitrogen and oxygen atoms in total. The van der Waals surface area contributed by atoms with Gasteiger partial charge in [0.1, 0.15) is 19.0 Å². The Bertz CT molecular complexity index is 950. The highest BCUT2D eigenvalue weighted by Crippen LogP contribution is 2.14. The molecule has 33 heavy (non-hydrogen) atoms. The third kappa shape index (κ3) is 8.46. The molecule has 0 spiro atoms. The van der Waals surface area contributed by atoms with E-state index in [0.717, 1.165) is 23.4 Å². The van der Waals surface area contributed by atoms with Crippen molar-refractivity contribution in [3.05, 3.63) is 90.1 Å². The second kappa shape index (κ2) is 13.8. The first-order valence-electron chi connectivity index (χ1n) is 11.2. The summed E-state index contributed by atoms with van der Waals surface area (Å²) in [6.45, 7) is 4.77. The highest BCUT2D eigenvalue weighted by Gasteiger charge is 2.10. The number of pyridine rings is 1. The lowest BCUT2D eigenvalue weighted by Crippen LogP contribution is -2.39. The zero-order chi connectivity index (χ0) is 23.1. The topological polar surface area (TPSA) is 88.0 Å². The molecule has 0 aliphatic carbocycles. The second-order valence-corrected chi connectivity index (χ2v) is 7.38. The van der Waals surface area contributed by atoms with Crippen molar-refractivity contribution in [3.8, 4) is 11.6 Å². The molecule has 0 aliphatic heterocycles. The lowest BCUT2D eigenvalue weighted by molar-refractivity contribution is 0.212. The normalized spacial score (nSPS) is 12.1. The van der Waals surface area contributed by atoms with Crippen molar-refractivity contribution < 1.29 is 14.6 Å². The molecule has 0 radical (unpaired) electrons. The van der Waals surface area contributed by atoms with Crippen LogP contribution in [0.15, 0.2) is 84.0 Å². The smallest absolute Gasteiger partial charge is 0.213 e. The lowest BCUT2D eigenvalue weighted by Gasteiger charge is -2.18. The van der Waals surface area contributed by atoms with E-state index in [-0.39, 0.29) is 12.5 Å². The molecule has 3 rings (SSSR count). The molecule has 7 heteroatoms. The van der Waals surface area contributed by atoms with Gasteiger partial charge in [-0.2, -0.15) is 0 Å². The Morgan fingerprint density at radius 3 is 2.33 bits per heavy atom. The SMILES string of the molecule is CCNC(=NCc1ccc(OCCOc2ccccc2)nc1)NCC(CO)c1ccccc1. The second-order valence-electron chi connectivity index (χ2n) is 7.38. The van der Waals surface area contributed by atoms with Gasteiger partial charge in [0.25, 0.3) is 0 Å². The van der Waals surface area contributed by atoms with E-state index in [9.17, 15) is 5.11 Å². The van der Waals surface area contributed by atoms with Crippen molar-refractivity contribution in [2.45, 2.75) is 19.4 Å². The third-order valence-electron chi connectivity index (χ3n) is 4.91. The summed E-state index contributed by atoms with van der Waals surface area (Å²) in [4.78, 5) is 8.99. The molecule has 1 aromatic heterocycles. The van der Waals surface area contributed by atoms with E-state index in [0.29, 0.717) is 38.1 Å². The van der Waals surface area contributed by atoms with Crippen molar-refractivity contribution in [1.82, 2.24) is 15.6 Å². The monoisotopic (exact) mass is 448 g/mol. The summed E-state index contributed by atoms with van der Waals surface area (Å²) in [6.07, 6.45) is 1.76. The van der Waals surface area contributed by atoms with Gasteiger partial charge < -0.3 is 25.2 Å². The van der Waals surface area contributed by atoms with Gasteiger partial charge in [-0.25, -0.2) is 9.98 Å². The Morgan fingerprint density at radius 2 is 1.67 bits per heavy atom. The van der Waals surface area contributed by atoms with Gasteiger partial charge in [0.15, 0.2) is 5.96 Å². The molecular weight excluding hydrogens is 416 g/mol. The van der Waals surface area contributed by atoms with E-state index in [1.165, 1.54) is 0 Å². The Kier molecular flexibility index (Phi) is 10.0. The summed E-state index contributed by atoms with van der Waals surface area (Å²) < 4.78 is 11.3. The first kappa shape index (κ1) is 24.1. The number of para-hydroxylation sites is 1. The average molecular weight is 449 g/mol. The Balaban J connectivity index is 1.45. The molecule has 174 valence electrons. The van der Waals surface area contributed by atoms with E-state index in [1.807, 2.05) is 79.7 Å². The van der Waals surface area contributed by atoms with Gasteiger partial charge in [0, 0.05) is 31.3 Å². The van der Waals surface area contributed by atoms with Crippen LogP contribution >= 0.6 is 0 Å². The fourth-order valence-corrected chi connectivity index (χ4v) is 3.16. The molecule has 1 atom stereocenters. The minimum absolute atomic E-state index is 0.000902. The van der Waals surface area contributed by atoms with Crippen LogP contribution < -0.4 is 20.1 Å². The van der Waals surface area contributed by atoms with Gasteiger partial charge >= 0.3 is 0 Å². The van der Waals surface area contributed by atoms with Crippen molar-refractivity contribution >= 4 is 5.96 Å². The molecule has 1 heterocycles. The van der Waals surface area contributed by atoms with Crippen molar-refractivity contribution in [3.63, 3.8) is 0 Å². The Hall–Kier alpha value is -3.58. The number of aliphatic hydroxyl groups excluding tert-OH is 1. The molecule has 0 fully saturated rings. The van der Waals surface area contributed by atoms with E-state index in [4.69, 9.17) is 9.47 Å². The highest BCUT2D eigenvalue weighted by molar-refractivity contribution is 5.79. The van der Waals surface area contributed by atoms with Crippen LogP contribution in [0.2, 0.25) is 0 Å². The van der Waals surface area contributed by atoms with Crippen molar-refractivity contribution in [2.75, 3.05) is 32.9 Å². The minimum Gasteiger partial charge on any atom is -0.490 e. The molecule has 2 aromatic carbocycles. The molecule has 3 aromatic rings. The van der Waals surface area contributed by atoms with E-state index >= 15 is 0 Å². The number of hydrogen-bond acceptors (Lipinski definition) is 5. The quantitative estimate of drug-likeness (QED) is 0.224. The molecule has 0 bridgehead atoms. The number of ether oxygens (including phenoxy) is 2. The number of nitrogens with one attached hydrogen (secondary N) is 2. The number of nitrogens with zero attached hydrogens (tertiary/aromatic N) is 2. The van der Waals surface area contributed by atoms with E-state index in [1.54, 1.807) is 6.20 Å². The zero-order valence-corrected chi connectivity index (χ0v) is 19.0. The lowest BCUT2D eigenvalue weighted by atomic mass is 10.0. The molecule has 0 amide bonds. The average Bonchev–Trinajstić information content (AvgIpc) is 2.87. The van der Waals surface area contributed by atoms with Crippen LogP contribution in [0.4, 0.5) is 0 Å². The minimum atomic E-state index is -0.000902. The van der Waals surface area contributed by atoms with E-state index in [2.05, 4.69) is 20.6 Å².